The monoisotopic (exact) mass is 224 g/mol. The average Bonchev–Trinajstić information content (AvgIpc) is 2.88. The number of amidine groups is 1. The molecule has 0 bridgehead atoms. The lowest BCUT2D eigenvalue weighted by Gasteiger charge is -1.94. The molecular formula is C7H8N6OS. The summed E-state index contributed by atoms with van der Waals surface area (Å²) in [5, 5.41) is 15.3. The van der Waals surface area contributed by atoms with E-state index in [4.69, 9.17) is 10.9 Å². The topological polar surface area (TPSA) is 102 Å². The van der Waals surface area contributed by atoms with Gasteiger partial charge in [-0.15, -0.1) is 16.4 Å². The summed E-state index contributed by atoms with van der Waals surface area (Å²) in [5.74, 6) is 0.111. The Kier molecular flexibility index (Phi) is 2.59. The SMILES string of the molecule is NC(=NO)c1ncn(Cc2cncs2)n1. The number of rotatable bonds is 3. The maximum absolute atomic E-state index is 8.42. The highest BCUT2D eigenvalue weighted by molar-refractivity contribution is 7.09. The van der Waals surface area contributed by atoms with E-state index in [2.05, 4.69) is 20.2 Å². The van der Waals surface area contributed by atoms with Crippen LogP contribution in [0.3, 0.4) is 0 Å². The van der Waals surface area contributed by atoms with Gasteiger partial charge >= 0.3 is 0 Å². The molecule has 8 heteroatoms. The lowest BCUT2D eigenvalue weighted by molar-refractivity contribution is 0.318. The highest BCUT2D eigenvalue weighted by Crippen LogP contribution is 2.06. The molecule has 0 spiro atoms. The van der Waals surface area contributed by atoms with Gasteiger partial charge in [-0.25, -0.2) is 9.67 Å². The highest BCUT2D eigenvalue weighted by atomic mass is 32.1. The first-order valence-electron chi connectivity index (χ1n) is 4.04. The van der Waals surface area contributed by atoms with E-state index in [0.29, 0.717) is 6.54 Å². The summed E-state index contributed by atoms with van der Waals surface area (Å²) >= 11 is 1.53. The molecule has 2 rings (SSSR count). The molecule has 0 aliphatic rings. The average molecular weight is 224 g/mol. The molecule has 0 aliphatic carbocycles. The lowest BCUT2D eigenvalue weighted by atomic mass is 10.5. The Hall–Kier alpha value is -1.96. The van der Waals surface area contributed by atoms with E-state index in [0.717, 1.165) is 4.88 Å². The smallest absolute Gasteiger partial charge is 0.219 e. The third-order valence-corrected chi connectivity index (χ3v) is 2.44. The number of nitrogens with two attached hydrogens (primary N) is 1. The highest BCUT2D eigenvalue weighted by Gasteiger charge is 2.06. The molecule has 0 radical (unpaired) electrons. The van der Waals surface area contributed by atoms with Gasteiger partial charge in [0.05, 0.1) is 12.1 Å². The first-order chi connectivity index (χ1) is 7.29. The van der Waals surface area contributed by atoms with Gasteiger partial charge in [0, 0.05) is 11.1 Å². The first kappa shape index (κ1) is 9.59. The molecule has 0 amide bonds. The molecule has 0 saturated heterocycles. The summed E-state index contributed by atoms with van der Waals surface area (Å²) in [4.78, 5) is 8.89. The number of oxime groups is 1. The van der Waals surface area contributed by atoms with E-state index in [1.807, 2.05) is 0 Å². The summed E-state index contributed by atoms with van der Waals surface area (Å²) in [6.45, 7) is 0.580. The summed E-state index contributed by atoms with van der Waals surface area (Å²) in [6.07, 6.45) is 3.28. The second-order valence-electron chi connectivity index (χ2n) is 2.72. The van der Waals surface area contributed by atoms with E-state index in [-0.39, 0.29) is 11.7 Å². The third kappa shape index (κ3) is 2.10. The van der Waals surface area contributed by atoms with Gasteiger partial charge < -0.3 is 10.9 Å². The van der Waals surface area contributed by atoms with Crippen molar-refractivity contribution in [2.45, 2.75) is 6.54 Å². The Morgan fingerprint density at radius 2 is 2.53 bits per heavy atom. The Balaban J connectivity index is 2.14. The van der Waals surface area contributed by atoms with Gasteiger partial charge in [-0.1, -0.05) is 5.16 Å². The fraction of sp³-hybridized carbons (Fsp3) is 0.143. The molecular weight excluding hydrogens is 216 g/mol. The fourth-order valence-corrected chi connectivity index (χ4v) is 1.60. The van der Waals surface area contributed by atoms with Crippen molar-refractivity contribution in [3.63, 3.8) is 0 Å². The summed E-state index contributed by atoms with van der Waals surface area (Å²) in [5.41, 5.74) is 7.08. The lowest BCUT2D eigenvalue weighted by Crippen LogP contribution is -2.15. The molecule has 7 nitrogen and oxygen atoms in total. The zero-order chi connectivity index (χ0) is 10.7. The van der Waals surface area contributed by atoms with Crippen molar-refractivity contribution < 1.29 is 5.21 Å². The molecule has 3 N–H and O–H groups in total. The molecule has 0 aromatic carbocycles. The molecule has 2 aromatic rings. The third-order valence-electron chi connectivity index (χ3n) is 1.67. The van der Waals surface area contributed by atoms with Gasteiger partial charge in [0.2, 0.25) is 11.7 Å². The van der Waals surface area contributed by atoms with Crippen LogP contribution in [-0.2, 0) is 6.54 Å². The minimum atomic E-state index is -0.0990. The molecule has 2 aromatic heterocycles. The molecule has 0 atom stereocenters. The second kappa shape index (κ2) is 4.05. The quantitative estimate of drug-likeness (QED) is 0.327. The Morgan fingerprint density at radius 3 is 3.20 bits per heavy atom. The molecule has 15 heavy (non-hydrogen) atoms. The van der Waals surface area contributed by atoms with Crippen molar-refractivity contribution in [2.24, 2.45) is 10.9 Å². The van der Waals surface area contributed by atoms with Gasteiger partial charge in [-0.3, -0.25) is 4.98 Å². The maximum atomic E-state index is 8.42. The molecule has 0 unspecified atom stereocenters. The van der Waals surface area contributed by atoms with Crippen LogP contribution in [0.25, 0.3) is 0 Å². The van der Waals surface area contributed by atoms with Gasteiger partial charge in [-0.05, 0) is 0 Å². The molecule has 0 aliphatic heterocycles. The standard InChI is InChI=1S/C7H8N6OS/c8-6(12-14)7-10-3-13(11-7)2-5-1-9-4-15-5/h1,3-4,14H,2H2,(H2,8,12). The van der Waals surface area contributed by atoms with Crippen molar-refractivity contribution in [1.29, 1.82) is 0 Å². The zero-order valence-electron chi connectivity index (χ0n) is 7.61. The van der Waals surface area contributed by atoms with Crippen molar-refractivity contribution in [2.75, 3.05) is 0 Å². The normalized spacial score (nSPS) is 11.9. The summed E-state index contributed by atoms with van der Waals surface area (Å²) in [6, 6.07) is 0. The van der Waals surface area contributed by atoms with Crippen LogP contribution in [0.4, 0.5) is 0 Å². The molecule has 78 valence electrons. The van der Waals surface area contributed by atoms with Crippen molar-refractivity contribution in [1.82, 2.24) is 19.7 Å². The van der Waals surface area contributed by atoms with E-state index in [9.17, 15) is 0 Å². The molecule has 2 heterocycles. The first-order valence-corrected chi connectivity index (χ1v) is 4.92. The predicted molar refractivity (Wildman–Crippen MR) is 53.7 cm³/mol. The fourth-order valence-electron chi connectivity index (χ4n) is 1.01. The van der Waals surface area contributed by atoms with E-state index in [1.165, 1.54) is 17.7 Å². The van der Waals surface area contributed by atoms with Crippen molar-refractivity contribution >= 4 is 17.2 Å². The summed E-state index contributed by atoms with van der Waals surface area (Å²) < 4.78 is 1.60. The Bertz CT molecular complexity index is 462. The number of thiazole rings is 1. The van der Waals surface area contributed by atoms with Crippen LogP contribution in [0, 0.1) is 0 Å². The van der Waals surface area contributed by atoms with Gasteiger partial charge in [-0.2, -0.15) is 0 Å². The minimum absolute atomic E-state index is 0.0990. The largest absolute Gasteiger partial charge is 0.409 e. The Morgan fingerprint density at radius 1 is 1.67 bits per heavy atom. The van der Waals surface area contributed by atoms with Gasteiger partial charge in [0.15, 0.2) is 0 Å². The number of nitrogens with zero attached hydrogens (tertiary/aromatic N) is 5. The van der Waals surface area contributed by atoms with Crippen LogP contribution in [0.2, 0.25) is 0 Å². The van der Waals surface area contributed by atoms with Crippen molar-refractivity contribution in [3.05, 3.63) is 28.7 Å². The van der Waals surface area contributed by atoms with Crippen LogP contribution < -0.4 is 5.73 Å². The van der Waals surface area contributed by atoms with Crippen LogP contribution >= 0.6 is 11.3 Å². The summed E-state index contributed by atoms with van der Waals surface area (Å²) in [7, 11) is 0. The zero-order valence-corrected chi connectivity index (χ0v) is 8.42. The maximum Gasteiger partial charge on any atom is 0.219 e. The van der Waals surface area contributed by atoms with Crippen LogP contribution in [0.15, 0.2) is 23.2 Å². The van der Waals surface area contributed by atoms with E-state index < -0.39 is 0 Å². The van der Waals surface area contributed by atoms with Crippen LogP contribution in [0.1, 0.15) is 10.7 Å². The van der Waals surface area contributed by atoms with Crippen molar-refractivity contribution in [3.8, 4) is 0 Å². The van der Waals surface area contributed by atoms with Gasteiger partial charge in [0.1, 0.15) is 6.33 Å². The Labute approximate surface area is 88.9 Å². The predicted octanol–water partition coefficient (Wildman–Crippen LogP) is -0.123. The van der Waals surface area contributed by atoms with Gasteiger partial charge in [0.25, 0.3) is 0 Å². The van der Waals surface area contributed by atoms with E-state index >= 15 is 0 Å². The number of aromatic nitrogens is 4. The van der Waals surface area contributed by atoms with E-state index in [1.54, 1.807) is 16.4 Å². The van der Waals surface area contributed by atoms with Crippen LogP contribution in [0.5, 0.6) is 0 Å². The second-order valence-corrected chi connectivity index (χ2v) is 3.69. The minimum Gasteiger partial charge on any atom is -0.409 e. The number of hydrogen-bond donors (Lipinski definition) is 2. The molecule has 0 fully saturated rings. The van der Waals surface area contributed by atoms with Crippen LogP contribution in [-0.4, -0.2) is 30.8 Å². The number of hydrogen-bond acceptors (Lipinski definition) is 6. The molecule has 0 saturated carbocycles.